The molecule has 0 aliphatic carbocycles. The van der Waals surface area contributed by atoms with Gasteiger partial charge in [0, 0.05) is 51.7 Å². The number of carbonyl (C=O) groups excluding carboxylic acids is 2. The second-order valence-electron chi connectivity index (χ2n) is 7.64. The number of aliphatic hydroxyl groups is 1. The third-order valence-electron chi connectivity index (χ3n) is 5.45. The Balaban J connectivity index is 1.24. The van der Waals surface area contributed by atoms with E-state index in [1.807, 2.05) is 34.1 Å². The van der Waals surface area contributed by atoms with Crippen molar-refractivity contribution >= 4 is 23.2 Å². The fourth-order valence-corrected chi connectivity index (χ4v) is 3.98. The summed E-state index contributed by atoms with van der Waals surface area (Å²) in [5.74, 6) is 0.00317. The molecule has 0 bridgehead atoms. The van der Waals surface area contributed by atoms with Crippen LogP contribution in [0, 0.1) is 0 Å². The molecule has 2 aromatic heterocycles. The first kappa shape index (κ1) is 20.4. The first-order valence-corrected chi connectivity index (χ1v) is 10.1. The molecule has 2 aliphatic rings. The molecular weight excluding hydrogens is 384 g/mol. The van der Waals surface area contributed by atoms with E-state index >= 15 is 0 Å². The molecule has 2 aliphatic heterocycles. The highest BCUT2D eigenvalue weighted by molar-refractivity contribution is 5.96. The van der Waals surface area contributed by atoms with Gasteiger partial charge in [-0.15, -0.1) is 0 Å². The van der Waals surface area contributed by atoms with Gasteiger partial charge in [-0.25, -0.2) is 0 Å². The minimum absolute atomic E-state index is 0.00159. The van der Waals surface area contributed by atoms with Crippen molar-refractivity contribution in [2.75, 3.05) is 62.2 Å². The van der Waals surface area contributed by atoms with Gasteiger partial charge in [-0.2, -0.15) is 0 Å². The zero-order valence-electron chi connectivity index (χ0n) is 16.8. The van der Waals surface area contributed by atoms with Crippen molar-refractivity contribution in [1.29, 1.82) is 0 Å². The molecule has 30 heavy (non-hydrogen) atoms. The maximum atomic E-state index is 12.5. The number of hydrogen-bond acceptors (Lipinski definition) is 7. The Morgan fingerprint density at radius 1 is 0.800 bits per heavy atom. The number of hydrogen-bond donors (Lipinski definition) is 1. The first-order chi connectivity index (χ1) is 14.6. The minimum Gasteiger partial charge on any atom is -0.390 e. The van der Waals surface area contributed by atoms with E-state index in [1.165, 1.54) is 0 Å². The second-order valence-corrected chi connectivity index (χ2v) is 7.64. The van der Waals surface area contributed by atoms with E-state index in [9.17, 15) is 14.7 Å². The van der Waals surface area contributed by atoms with Gasteiger partial charge in [-0.1, -0.05) is 0 Å². The van der Waals surface area contributed by atoms with E-state index in [0.717, 1.165) is 11.4 Å². The van der Waals surface area contributed by atoms with Crippen LogP contribution in [-0.4, -0.2) is 95.2 Å². The summed E-state index contributed by atoms with van der Waals surface area (Å²) < 4.78 is 0. The fourth-order valence-electron chi connectivity index (χ4n) is 3.98. The van der Waals surface area contributed by atoms with Crippen molar-refractivity contribution in [3.05, 3.63) is 49.1 Å². The number of rotatable bonds is 6. The molecule has 9 nitrogen and oxygen atoms in total. The quantitative estimate of drug-likeness (QED) is 0.707. The molecule has 0 radical (unpaired) electrons. The van der Waals surface area contributed by atoms with Crippen molar-refractivity contribution in [1.82, 2.24) is 19.8 Å². The number of aliphatic hydroxyl groups excluding tert-OH is 1. The summed E-state index contributed by atoms with van der Waals surface area (Å²) in [7, 11) is 0. The summed E-state index contributed by atoms with van der Waals surface area (Å²) in [6.45, 7) is 3.85. The number of amides is 2. The molecule has 9 heteroatoms. The van der Waals surface area contributed by atoms with E-state index in [2.05, 4.69) is 9.97 Å². The molecule has 158 valence electrons. The molecule has 4 heterocycles. The summed E-state index contributed by atoms with van der Waals surface area (Å²) in [5, 5.41) is 10.5. The molecule has 0 spiro atoms. The van der Waals surface area contributed by atoms with E-state index in [0.29, 0.717) is 39.3 Å². The van der Waals surface area contributed by atoms with Gasteiger partial charge in [0.25, 0.3) is 0 Å². The third-order valence-corrected chi connectivity index (χ3v) is 5.45. The van der Waals surface area contributed by atoms with Gasteiger partial charge in [0.15, 0.2) is 0 Å². The van der Waals surface area contributed by atoms with Gasteiger partial charge in [0.2, 0.25) is 11.8 Å². The summed E-state index contributed by atoms with van der Waals surface area (Å²) in [6.07, 6.45) is 6.11. The number of pyridine rings is 2. The molecule has 0 saturated carbocycles. The van der Waals surface area contributed by atoms with E-state index in [4.69, 9.17) is 0 Å². The fraction of sp³-hybridized carbons (Fsp3) is 0.429. The van der Waals surface area contributed by atoms with Crippen LogP contribution in [0.25, 0.3) is 0 Å². The molecular formula is C21H26N6O3. The predicted octanol–water partition coefficient (Wildman–Crippen LogP) is -0.165. The molecule has 2 amide bonds. The number of anilines is 2. The van der Waals surface area contributed by atoms with Crippen LogP contribution in [0.5, 0.6) is 0 Å². The van der Waals surface area contributed by atoms with Crippen LogP contribution in [0.3, 0.4) is 0 Å². The Labute approximate surface area is 175 Å². The SMILES string of the molecule is O=C1CN(CC(O)CN2CCN(c3cccnc3)C(=O)C2)CCN1c1cccnc1. The largest absolute Gasteiger partial charge is 0.390 e. The van der Waals surface area contributed by atoms with Crippen LogP contribution in [0.4, 0.5) is 11.4 Å². The smallest absolute Gasteiger partial charge is 0.241 e. The molecule has 2 fully saturated rings. The highest BCUT2D eigenvalue weighted by Gasteiger charge is 2.29. The standard InChI is InChI=1S/C21H26N6O3/c28-19(13-24-7-9-26(20(29)15-24)17-3-1-5-22-11-17)14-25-8-10-27(21(30)16-25)18-4-2-6-23-12-18/h1-6,11-12,19,28H,7-10,13-16H2. The highest BCUT2D eigenvalue weighted by atomic mass is 16.3. The Bertz CT molecular complexity index is 794. The van der Waals surface area contributed by atoms with Crippen molar-refractivity contribution in [2.24, 2.45) is 0 Å². The molecule has 0 atom stereocenters. The molecule has 0 unspecified atom stereocenters. The van der Waals surface area contributed by atoms with E-state index in [1.54, 1.807) is 34.6 Å². The Morgan fingerprint density at radius 3 is 1.63 bits per heavy atom. The third kappa shape index (κ3) is 4.81. The second kappa shape index (κ2) is 9.29. The molecule has 0 aromatic carbocycles. The number of aromatic nitrogens is 2. The van der Waals surface area contributed by atoms with Gasteiger partial charge in [0.1, 0.15) is 0 Å². The van der Waals surface area contributed by atoms with Crippen LogP contribution in [-0.2, 0) is 9.59 Å². The normalized spacial score (nSPS) is 19.0. The van der Waals surface area contributed by atoms with Crippen molar-refractivity contribution in [3.63, 3.8) is 0 Å². The monoisotopic (exact) mass is 410 g/mol. The van der Waals surface area contributed by atoms with Gasteiger partial charge >= 0.3 is 0 Å². The van der Waals surface area contributed by atoms with E-state index < -0.39 is 6.10 Å². The van der Waals surface area contributed by atoms with Crippen LogP contribution in [0.1, 0.15) is 0 Å². The number of nitrogens with zero attached hydrogens (tertiary/aromatic N) is 6. The zero-order chi connectivity index (χ0) is 20.9. The van der Waals surface area contributed by atoms with Crippen LogP contribution in [0.15, 0.2) is 49.1 Å². The van der Waals surface area contributed by atoms with Crippen molar-refractivity contribution in [3.8, 4) is 0 Å². The van der Waals surface area contributed by atoms with Crippen LogP contribution < -0.4 is 9.80 Å². The van der Waals surface area contributed by atoms with Gasteiger partial charge < -0.3 is 14.9 Å². The van der Waals surface area contributed by atoms with Gasteiger partial charge in [0.05, 0.1) is 43.0 Å². The lowest BCUT2D eigenvalue weighted by atomic mass is 10.2. The average Bonchev–Trinajstić information content (AvgIpc) is 2.75. The molecule has 2 saturated heterocycles. The minimum atomic E-state index is -0.625. The lowest BCUT2D eigenvalue weighted by Gasteiger charge is -2.37. The molecule has 2 aromatic rings. The van der Waals surface area contributed by atoms with Crippen LogP contribution >= 0.6 is 0 Å². The topological polar surface area (TPSA) is 93.1 Å². The lowest BCUT2D eigenvalue weighted by molar-refractivity contribution is -0.121. The summed E-state index contributed by atoms with van der Waals surface area (Å²) in [5.41, 5.74) is 1.60. The van der Waals surface area contributed by atoms with E-state index in [-0.39, 0.29) is 24.9 Å². The Kier molecular flexibility index (Phi) is 6.32. The number of piperazine rings is 2. The lowest BCUT2D eigenvalue weighted by Crippen LogP contribution is -2.55. The summed E-state index contributed by atoms with van der Waals surface area (Å²) in [4.78, 5) is 40.5. The number of β-amino-alcohol motifs (C(OH)–C–C–N with tert-alkyl or cyclic N) is 1. The summed E-state index contributed by atoms with van der Waals surface area (Å²) >= 11 is 0. The van der Waals surface area contributed by atoms with Crippen LogP contribution in [0.2, 0.25) is 0 Å². The van der Waals surface area contributed by atoms with Crippen molar-refractivity contribution in [2.45, 2.75) is 6.10 Å². The zero-order valence-corrected chi connectivity index (χ0v) is 16.8. The highest BCUT2D eigenvalue weighted by Crippen LogP contribution is 2.17. The molecule has 1 N–H and O–H groups in total. The Morgan fingerprint density at radius 2 is 1.27 bits per heavy atom. The molecule has 4 rings (SSSR count). The average molecular weight is 410 g/mol. The summed E-state index contributed by atoms with van der Waals surface area (Å²) in [6, 6.07) is 7.37. The predicted molar refractivity (Wildman–Crippen MR) is 112 cm³/mol. The van der Waals surface area contributed by atoms with Gasteiger partial charge in [-0.3, -0.25) is 29.4 Å². The first-order valence-electron chi connectivity index (χ1n) is 10.1. The Hall–Kier alpha value is -2.88. The maximum absolute atomic E-state index is 12.5. The number of carbonyl (C=O) groups is 2. The maximum Gasteiger partial charge on any atom is 0.241 e. The van der Waals surface area contributed by atoms with Gasteiger partial charge in [-0.05, 0) is 24.3 Å². The van der Waals surface area contributed by atoms with Crippen molar-refractivity contribution < 1.29 is 14.7 Å².